The first-order valence-electron chi connectivity index (χ1n) is 5.22. The molecule has 0 radical (unpaired) electrons. The zero-order valence-electron chi connectivity index (χ0n) is 9.37. The minimum absolute atomic E-state index is 0.509. The summed E-state index contributed by atoms with van der Waals surface area (Å²) >= 11 is 0. The van der Waals surface area contributed by atoms with Gasteiger partial charge in [0.05, 0.1) is 0 Å². The van der Waals surface area contributed by atoms with Gasteiger partial charge < -0.3 is 20.5 Å². The Morgan fingerprint density at radius 2 is 2.12 bits per heavy atom. The average molecular weight is 234 g/mol. The van der Waals surface area contributed by atoms with Crippen molar-refractivity contribution in [3.05, 3.63) is 36.0 Å². The number of benzene rings is 1. The van der Waals surface area contributed by atoms with E-state index in [1.165, 1.54) is 0 Å². The third-order valence-electron chi connectivity index (χ3n) is 2.88. The van der Waals surface area contributed by atoms with Crippen molar-refractivity contribution >= 4 is 16.9 Å². The molecule has 0 aliphatic heterocycles. The Bertz CT molecular complexity index is 562. The summed E-state index contributed by atoms with van der Waals surface area (Å²) in [5.74, 6) is -1.22. The van der Waals surface area contributed by atoms with Crippen LogP contribution in [-0.4, -0.2) is 26.8 Å². The summed E-state index contributed by atoms with van der Waals surface area (Å²) in [5, 5.41) is 19.6. The molecule has 2 unspecified atom stereocenters. The van der Waals surface area contributed by atoms with Crippen LogP contribution in [0.15, 0.2) is 30.5 Å². The summed E-state index contributed by atoms with van der Waals surface area (Å²) in [6.45, 7) is 0. The molecule has 4 N–H and O–H groups in total. The quantitative estimate of drug-likeness (QED) is 0.726. The molecule has 5 heteroatoms. The molecular formula is C12H14N2O3. The van der Waals surface area contributed by atoms with Crippen molar-refractivity contribution in [1.29, 1.82) is 0 Å². The van der Waals surface area contributed by atoms with Gasteiger partial charge in [0.25, 0.3) is 0 Å². The Hall–Kier alpha value is -1.85. The second-order valence-electron chi connectivity index (χ2n) is 4.05. The lowest BCUT2D eigenvalue weighted by atomic mass is 10.0. The molecule has 0 aliphatic carbocycles. The first kappa shape index (κ1) is 11.6. The monoisotopic (exact) mass is 234 g/mol. The number of hydrogen-bond donors (Lipinski definition) is 3. The van der Waals surface area contributed by atoms with Crippen molar-refractivity contribution in [2.75, 3.05) is 0 Å². The summed E-state index contributed by atoms with van der Waals surface area (Å²) in [5.41, 5.74) is 6.83. The van der Waals surface area contributed by atoms with Gasteiger partial charge in [0, 0.05) is 18.8 Å². The molecule has 5 nitrogen and oxygen atoms in total. The molecule has 2 rings (SSSR count). The fourth-order valence-corrected chi connectivity index (χ4v) is 1.81. The second-order valence-corrected chi connectivity index (χ2v) is 4.05. The summed E-state index contributed by atoms with van der Waals surface area (Å²) < 4.78 is 1.90. The topological polar surface area (TPSA) is 88.5 Å². The van der Waals surface area contributed by atoms with E-state index in [4.69, 9.17) is 10.8 Å². The fourth-order valence-electron chi connectivity index (χ4n) is 1.81. The van der Waals surface area contributed by atoms with Crippen LogP contribution in [0.1, 0.15) is 11.7 Å². The van der Waals surface area contributed by atoms with E-state index in [1.807, 2.05) is 29.9 Å². The number of carboxylic acids is 1. The number of aromatic nitrogens is 1. The van der Waals surface area contributed by atoms with Crippen LogP contribution in [0.2, 0.25) is 0 Å². The van der Waals surface area contributed by atoms with E-state index in [-0.39, 0.29) is 0 Å². The number of aliphatic hydroxyl groups is 1. The maximum absolute atomic E-state index is 10.7. The van der Waals surface area contributed by atoms with E-state index < -0.39 is 18.1 Å². The third kappa shape index (κ3) is 2.02. The summed E-state index contributed by atoms with van der Waals surface area (Å²) in [6, 6.07) is 5.91. The number of aliphatic hydroxyl groups excluding tert-OH is 1. The smallest absolute Gasteiger partial charge is 0.323 e. The minimum atomic E-state index is -1.31. The maximum Gasteiger partial charge on any atom is 0.323 e. The normalized spacial score (nSPS) is 14.8. The van der Waals surface area contributed by atoms with E-state index in [0.717, 1.165) is 10.9 Å². The van der Waals surface area contributed by atoms with Crippen molar-refractivity contribution in [3.63, 3.8) is 0 Å². The molecule has 0 saturated heterocycles. The Balaban J connectivity index is 2.42. The number of aryl methyl sites for hydroxylation is 1. The highest BCUT2D eigenvalue weighted by molar-refractivity contribution is 5.81. The Morgan fingerprint density at radius 1 is 1.41 bits per heavy atom. The van der Waals surface area contributed by atoms with Crippen molar-refractivity contribution in [1.82, 2.24) is 4.57 Å². The van der Waals surface area contributed by atoms with Crippen LogP contribution in [0.25, 0.3) is 10.9 Å². The number of hydrogen-bond acceptors (Lipinski definition) is 3. The average Bonchev–Trinajstić information content (AvgIpc) is 2.68. The third-order valence-corrected chi connectivity index (χ3v) is 2.88. The summed E-state index contributed by atoms with van der Waals surface area (Å²) in [6.07, 6.45) is 0.699. The number of nitrogens with two attached hydrogens (primary N) is 1. The summed E-state index contributed by atoms with van der Waals surface area (Å²) in [4.78, 5) is 10.7. The minimum Gasteiger partial charge on any atom is -0.480 e. The van der Waals surface area contributed by atoms with Gasteiger partial charge in [-0.2, -0.15) is 0 Å². The predicted octanol–water partition coefficient (Wildman–Crippen LogP) is 0.624. The van der Waals surface area contributed by atoms with Crippen LogP contribution < -0.4 is 5.73 Å². The van der Waals surface area contributed by atoms with E-state index in [0.29, 0.717) is 5.56 Å². The number of aliphatic carboxylic acids is 1. The van der Waals surface area contributed by atoms with Gasteiger partial charge in [-0.25, -0.2) is 0 Å². The van der Waals surface area contributed by atoms with Crippen LogP contribution in [-0.2, 0) is 11.8 Å². The van der Waals surface area contributed by atoms with Gasteiger partial charge in [0.15, 0.2) is 0 Å². The van der Waals surface area contributed by atoms with Crippen molar-refractivity contribution in [2.24, 2.45) is 12.8 Å². The van der Waals surface area contributed by atoms with Crippen molar-refractivity contribution in [2.45, 2.75) is 12.1 Å². The molecular weight excluding hydrogens is 220 g/mol. The lowest BCUT2D eigenvalue weighted by Crippen LogP contribution is -2.36. The highest BCUT2D eigenvalue weighted by Gasteiger charge is 2.23. The lowest BCUT2D eigenvalue weighted by Gasteiger charge is -2.15. The van der Waals surface area contributed by atoms with Gasteiger partial charge in [0.1, 0.15) is 12.1 Å². The van der Waals surface area contributed by atoms with Crippen LogP contribution in [0, 0.1) is 0 Å². The molecule has 0 spiro atoms. The van der Waals surface area contributed by atoms with Gasteiger partial charge in [-0.3, -0.25) is 4.79 Å². The zero-order chi connectivity index (χ0) is 12.6. The van der Waals surface area contributed by atoms with Crippen LogP contribution >= 0.6 is 0 Å². The number of rotatable bonds is 3. The molecule has 0 amide bonds. The molecule has 0 bridgehead atoms. The standard InChI is InChI=1S/C12H14N2O3/c1-14-5-4-7-2-3-8(6-9(7)14)11(15)10(13)12(16)17/h2-6,10-11,15H,13H2,1H3,(H,16,17). The highest BCUT2D eigenvalue weighted by atomic mass is 16.4. The SMILES string of the molecule is Cn1ccc2ccc(C(O)C(N)C(=O)O)cc21. The van der Waals surface area contributed by atoms with Crippen molar-refractivity contribution in [3.8, 4) is 0 Å². The lowest BCUT2D eigenvalue weighted by molar-refractivity contribution is -0.141. The number of carbonyl (C=O) groups is 1. The van der Waals surface area contributed by atoms with E-state index in [2.05, 4.69) is 0 Å². The number of nitrogens with zero attached hydrogens (tertiary/aromatic N) is 1. The predicted molar refractivity (Wildman–Crippen MR) is 63.5 cm³/mol. The highest BCUT2D eigenvalue weighted by Crippen LogP contribution is 2.22. The van der Waals surface area contributed by atoms with Crippen LogP contribution in [0.4, 0.5) is 0 Å². The van der Waals surface area contributed by atoms with Crippen LogP contribution in [0.3, 0.4) is 0 Å². The molecule has 2 aromatic rings. The first-order valence-corrected chi connectivity index (χ1v) is 5.22. The molecule has 0 fully saturated rings. The number of fused-ring (bicyclic) bond motifs is 1. The molecule has 90 valence electrons. The van der Waals surface area contributed by atoms with Gasteiger partial charge in [0.2, 0.25) is 0 Å². The Labute approximate surface area is 98.1 Å². The molecule has 2 atom stereocenters. The largest absolute Gasteiger partial charge is 0.480 e. The molecule has 0 aliphatic rings. The van der Waals surface area contributed by atoms with Crippen LogP contribution in [0.5, 0.6) is 0 Å². The summed E-state index contributed by atoms with van der Waals surface area (Å²) in [7, 11) is 1.88. The Kier molecular flexibility index (Phi) is 2.87. The molecule has 17 heavy (non-hydrogen) atoms. The molecule has 1 heterocycles. The van der Waals surface area contributed by atoms with Gasteiger partial charge in [-0.05, 0) is 23.1 Å². The number of carboxylic acid groups (broad SMARTS) is 1. The zero-order valence-corrected chi connectivity index (χ0v) is 9.37. The molecule has 1 aromatic heterocycles. The van der Waals surface area contributed by atoms with E-state index in [9.17, 15) is 9.90 Å². The second kappa shape index (κ2) is 4.20. The Morgan fingerprint density at radius 3 is 2.76 bits per heavy atom. The van der Waals surface area contributed by atoms with E-state index in [1.54, 1.807) is 12.1 Å². The maximum atomic E-state index is 10.7. The van der Waals surface area contributed by atoms with E-state index >= 15 is 0 Å². The van der Waals surface area contributed by atoms with Gasteiger partial charge >= 0.3 is 5.97 Å². The molecule has 1 aromatic carbocycles. The first-order chi connectivity index (χ1) is 8.00. The fraction of sp³-hybridized carbons (Fsp3) is 0.250. The van der Waals surface area contributed by atoms with Gasteiger partial charge in [-0.1, -0.05) is 12.1 Å². The molecule has 0 saturated carbocycles. The van der Waals surface area contributed by atoms with Crippen molar-refractivity contribution < 1.29 is 15.0 Å². The van der Waals surface area contributed by atoms with Gasteiger partial charge in [-0.15, -0.1) is 0 Å².